The minimum atomic E-state index is 0.265. The number of nitrogens with one attached hydrogen (secondary N) is 1. The van der Waals surface area contributed by atoms with Crippen molar-refractivity contribution in [1.29, 1.82) is 0 Å². The zero-order valence-electron chi connectivity index (χ0n) is 9.62. The van der Waals surface area contributed by atoms with Crippen LogP contribution in [0.15, 0.2) is 0 Å². The lowest BCUT2D eigenvalue weighted by molar-refractivity contribution is 0.267. The van der Waals surface area contributed by atoms with Crippen molar-refractivity contribution in [1.82, 2.24) is 10.2 Å². The van der Waals surface area contributed by atoms with Crippen molar-refractivity contribution in [2.24, 2.45) is 5.92 Å². The third kappa shape index (κ3) is 3.74. The molecule has 0 spiro atoms. The number of aliphatic hydroxyl groups excluding tert-OH is 1. The molecule has 0 aromatic carbocycles. The van der Waals surface area contributed by atoms with Gasteiger partial charge in [0.1, 0.15) is 0 Å². The highest BCUT2D eigenvalue weighted by Gasteiger charge is 2.30. The molecule has 88 valence electrons. The van der Waals surface area contributed by atoms with E-state index in [1.807, 2.05) is 0 Å². The summed E-state index contributed by atoms with van der Waals surface area (Å²) < 4.78 is 0. The fourth-order valence-electron chi connectivity index (χ4n) is 2.58. The molecule has 0 bridgehead atoms. The molecule has 0 radical (unpaired) electrons. The van der Waals surface area contributed by atoms with Crippen molar-refractivity contribution in [2.75, 3.05) is 32.8 Å². The molecule has 2 aliphatic rings. The summed E-state index contributed by atoms with van der Waals surface area (Å²) >= 11 is 0. The molecule has 0 amide bonds. The molecular formula is C12H24N2O. The molecule has 0 aromatic rings. The molecule has 1 unspecified atom stereocenters. The number of hydrogen-bond acceptors (Lipinski definition) is 3. The number of likely N-dealkylation sites (tertiary alicyclic amines) is 1. The molecule has 1 heterocycles. The second-order valence-electron chi connectivity index (χ2n) is 4.99. The van der Waals surface area contributed by atoms with Gasteiger partial charge in [-0.3, -0.25) is 0 Å². The first-order valence-electron chi connectivity index (χ1n) is 6.46. The highest BCUT2D eigenvalue weighted by Crippen LogP contribution is 2.29. The van der Waals surface area contributed by atoms with E-state index in [-0.39, 0.29) is 6.61 Å². The molecule has 2 rings (SSSR count). The van der Waals surface area contributed by atoms with Crippen LogP contribution in [0, 0.1) is 5.92 Å². The van der Waals surface area contributed by atoms with E-state index in [4.69, 9.17) is 5.11 Å². The first-order valence-corrected chi connectivity index (χ1v) is 6.46. The van der Waals surface area contributed by atoms with E-state index in [9.17, 15) is 0 Å². The van der Waals surface area contributed by atoms with Crippen LogP contribution in [0.3, 0.4) is 0 Å². The van der Waals surface area contributed by atoms with E-state index < -0.39 is 0 Å². The normalized spacial score (nSPS) is 29.0. The maximum Gasteiger partial charge on any atom is 0.0555 e. The van der Waals surface area contributed by atoms with Gasteiger partial charge in [-0.15, -0.1) is 0 Å². The van der Waals surface area contributed by atoms with E-state index in [1.54, 1.807) is 0 Å². The third-order valence-electron chi connectivity index (χ3n) is 3.67. The molecule has 15 heavy (non-hydrogen) atoms. The lowest BCUT2D eigenvalue weighted by Crippen LogP contribution is -2.28. The molecule has 1 atom stereocenters. The predicted molar refractivity (Wildman–Crippen MR) is 61.9 cm³/mol. The highest BCUT2D eigenvalue weighted by atomic mass is 16.3. The van der Waals surface area contributed by atoms with Crippen LogP contribution in [-0.4, -0.2) is 48.8 Å². The predicted octanol–water partition coefficient (Wildman–Crippen LogP) is 0.833. The van der Waals surface area contributed by atoms with Gasteiger partial charge in [-0.1, -0.05) is 0 Å². The van der Waals surface area contributed by atoms with Gasteiger partial charge in [-0.05, 0) is 57.7 Å². The molecule has 2 fully saturated rings. The zero-order valence-corrected chi connectivity index (χ0v) is 9.62. The average Bonchev–Trinajstić information content (AvgIpc) is 3.04. The van der Waals surface area contributed by atoms with Crippen molar-refractivity contribution in [3.8, 4) is 0 Å². The Morgan fingerprint density at radius 3 is 2.73 bits per heavy atom. The third-order valence-corrected chi connectivity index (χ3v) is 3.67. The van der Waals surface area contributed by atoms with Gasteiger partial charge in [0, 0.05) is 12.6 Å². The van der Waals surface area contributed by atoms with Gasteiger partial charge in [0.2, 0.25) is 0 Å². The van der Waals surface area contributed by atoms with Crippen molar-refractivity contribution in [3.05, 3.63) is 0 Å². The van der Waals surface area contributed by atoms with Crippen molar-refractivity contribution in [2.45, 2.75) is 38.1 Å². The number of rotatable bonds is 5. The van der Waals surface area contributed by atoms with Gasteiger partial charge < -0.3 is 15.3 Å². The Balaban J connectivity index is 1.65. The first-order chi connectivity index (χ1) is 7.40. The lowest BCUT2D eigenvalue weighted by Gasteiger charge is -2.19. The van der Waals surface area contributed by atoms with Crippen LogP contribution in [0.5, 0.6) is 0 Å². The van der Waals surface area contributed by atoms with Gasteiger partial charge in [0.25, 0.3) is 0 Å². The smallest absolute Gasteiger partial charge is 0.0555 e. The molecule has 0 aromatic heterocycles. The lowest BCUT2D eigenvalue weighted by atomic mass is 10.0. The van der Waals surface area contributed by atoms with E-state index in [2.05, 4.69) is 10.2 Å². The Morgan fingerprint density at radius 2 is 2.00 bits per heavy atom. The van der Waals surface area contributed by atoms with Crippen LogP contribution in [0.25, 0.3) is 0 Å². The largest absolute Gasteiger partial charge is 0.395 e. The SMILES string of the molecule is OCCNCC1CCCN(C2CC2)CC1. The van der Waals surface area contributed by atoms with Gasteiger partial charge in [-0.2, -0.15) is 0 Å². The molecule has 1 saturated carbocycles. The fourth-order valence-corrected chi connectivity index (χ4v) is 2.58. The molecule has 1 aliphatic carbocycles. The number of nitrogens with zero attached hydrogens (tertiary/aromatic N) is 1. The Labute approximate surface area is 92.8 Å². The molecule has 3 nitrogen and oxygen atoms in total. The van der Waals surface area contributed by atoms with E-state index in [1.165, 1.54) is 45.2 Å². The summed E-state index contributed by atoms with van der Waals surface area (Å²) in [6.07, 6.45) is 6.94. The van der Waals surface area contributed by atoms with Gasteiger partial charge in [-0.25, -0.2) is 0 Å². The second kappa shape index (κ2) is 5.83. The van der Waals surface area contributed by atoms with Crippen LogP contribution in [-0.2, 0) is 0 Å². The minimum absolute atomic E-state index is 0.265. The fraction of sp³-hybridized carbons (Fsp3) is 1.00. The highest BCUT2D eigenvalue weighted by molar-refractivity contribution is 4.86. The molecule has 1 aliphatic heterocycles. The van der Waals surface area contributed by atoms with Crippen LogP contribution in [0.4, 0.5) is 0 Å². The second-order valence-corrected chi connectivity index (χ2v) is 4.99. The summed E-state index contributed by atoms with van der Waals surface area (Å²) in [7, 11) is 0. The number of hydrogen-bond donors (Lipinski definition) is 2. The quantitative estimate of drug-likeness (QED) is 0.663. The molecule has 3 heteroatoms. The van der Waals surface area contributed by atoms with E-state index in [0.717, 1.165) is 25.0 Å². The summed E-state index contributed by atoms with van der Waals surface area (Å²) in [6, 6.07) is 0.939. The summed E-state index contributed by atoms with van der Waals surface area (Å²) in [5.41, 5.74) is 0. The monoisotopic (exact) mass is 212 g/mol. The summed E-state index contributed by atoms with van der Waals surface area (Å²) in [4.78, 5) is 2.69. The van der Waals surface area contributed by atoms with Gasteiger partial charge in [0.15, 0.2) is 0 Å². The van der Waals surface area contributed by atoms with Gasteiger partial charge in [0.05, 0.1) is 6.61 Å². The molecule has 2 N–H and O–H groups in total. The van der Waals surface area contributed by atoms with Crippen LogP contribution in [0.2, 0.25) is 0 Å². The maximum absolute atomic E-state index is 8.70. The average molecular weight is 212 g/mol. The standard InChI is InChI=1S/C12H24N2O/c15-9-6-13-10-11-2-1-7-14(8-5-11)12-3-4-12/h11-13,15H,1-10H2. The van der Waals surface area contributed by atoms with Crippen LogP contribution >= 0.6 is 0 Å². The molecule has 1 saturated heterocycles. The maximum atomic E-state index is 8.70. The summed E-state index contributed by atoms with van der Waals surface area (Å²) in [5.74, 6) is 0.834. The van der Waals surface area contributed by atoms with Crippen molar-refractivity contribution < 1.29 is 5.11 Å². The van der Waals surface area contributed by atoms with Crippen molar-refractivity contribution >= 4 is 0 Å². The first kappa shape index (κ1) is 11.4. The van der Waals surface area contributed by atoms with Crippen molar-refractivity contribution in [3.63, 3.8) is 0 Å². The number of aliphatic hydroxyl groups is 1. The Morgan fingerprint density at radius 1 is 1.13 bits per heavy atom. The Kier molecular flexibility index (Phi) is 4.42. The zero-order chi connectivity index (χ0) is 10.5. The minimum Gasteiger partial charge on any atom is -0.395 e. The summed E-state index contributed by atoms with van der Waals surface area (Å²) in [5, 5.41) is 12.0. The van der Waals surface area contributed by atoms with Crippen LogP contribution in [0.1, 0.15) is 32.1 Å². The molecular weight excluding hydrogens is 188 g/mol. The topological polar surface area (TPSA) is 35.5 Å². The van der Waals surface area contributed by atoms with E-state index in [0.29, 0.717) is 0 Å². The summed E-state index contributed by atoms with van der Waals surface area (Å²) in [6.45, 7) is 4.74. The van der Waals surface area contributed by atoms with Gasteiger partial charge >= 0.3 is 0 Å². The van der Waals surface area contributed by atoms with E-state index >= 15 is 0 Å². The van der Waals surface area contributed by atoms with Crippen LogP contribution < -0.4 is 5.32 Å². The Hall–Kier alpha value is -0.120. The Bertz CT molecular complexity index is 182.